The topological polar surface area (TPSA) is 62.3 Å². The van der Waals surface area contributed by atoms with E-state index in [9.17, 15) is 9.59 Å². The molecule has 136 valence electrons. The summed E-state index contributed by atoms with van der Waals surface area (Å²) >= 11 is 0. The first-order chi connectivity index (χ1) is 12.3. The van der Waals surface area contributed by atoms with Crippen molar-refractivity contribution in [2.45, 2.75) is 58.9 Å². The van der Waals surface area contributed by atoms with Gasteiger partial charge in [0.05, 0.1) is 6.04 Å². The van der Waals surface area contributed by atoms with Gasteiger partial charge in [0.15, 0.2) is 0 Å². The van der Waals surface area contributed by atoms with Gasteiger partial charge < -0.3 is 4.98 Å². The normalized spacial score (nSPS) is 23.7. The van der Waals surface area contributed by atoms with Crippen LogP contribution in [0.15, 0.2) is 23.2 Å². The summed E-state index contributed by atoms with van der Waals surface area (Å²) in [4.78, 5) is 33.0. The highest BCUT2D eigenvalue weighted by Crippen LogP contribution is 2.38. The minimum absolute atomic E-state index is 0.0123. The number of rotatable bonds is 2. The van der Waals surface area contributed by atoms with E-state index in [0.717, 1.165) is 30.5 Å². The predicted molar refractivity (Wildman–Crippen MR) is 104 cm³/mol. The van der Waals surface area contributed by atoms with E-state index in [1.54, 1.807) is 6.21 Å². The van der Waals surface area contributed by atoms with Gasteiger partial charge in [-0.25, -0.2) is 0 Å². The monoisotopic (exact) mass is 350 g/mol. The summed E-state index contributed by atoms with van der Waals surface area (Å²) in [6, 6.07) is 6.48. The molecule has 1 fully saturated rings. The minimum atomic E-state index is -0.653. The number of hydrogen-bond donors (Lipinski definition) is 1. The lowest BCUT2D eigenvalue weighted by Crippen LogP contribution is -2.38. The van der Waals surface area contributed by atoms with Crippen LogP contribution in [-0.2, 0) is 16.0 Å². The first-order valence-corrected chi connectivity index (χ1v) is 9.54. The molecular formula is C22H26N2O2. The molecule has 1 heterocycles. The fraction of sp³-hybridized carbons (Fsp3) is 0.500. The number of aromatic nitrogens is 1. The number of carbonyl (C=O) groups is 2. The van der Waals surface area contributed by atoms with E-state index in [0.29, 0.717) is 12.8 Å². The smallest absolute Gasteiger partial charge is 0.149 e. The molecule has 0 spiro atoms. The van der Waals surface area contributed by atoms with Gasteiger partial charge in [-0.2, -0.15) is 0 Å². The molecule has 1 aromatic heterocycles. The summed E-state index contributed by atoms with van der Waals surface area (Å²) in [5.41, 5.74) is 4.69. The highest BCUT2D eigenvalue weighted by molar-refractivity contribution is 6.16. The van der Waals surface area contributed by atoms with E-state index in [-0.39, 0.29) is 23.0 Å². The van der Waals surface area contributed by atoms with Crippen molar-refractivity contribution in [2.75, 3.05) is 0 Å². The van der Waals surface area contributed by atoms with Crippen molar-refractivity contribution in [1.82, 2.24) is 4.98 Å². The van der Waals surface area contributed by atoms with Crippen molar-refractivity contribution >= 4 is 28.7 Å². The number of Topliss-reactive ketones (excluding diaryl/α,β-unsaturated/α-hetero) is 2. The van der Waals surface area contributed by atoms with Gasteiger partial charge in [-0.05, 0) is 49.3 Å². The molecule has 0 unspecified atom stereocenters. The lowest BCUT2D eigenvalue weighted by Gasteiger charge is -2.30. The number of ketones is 2. The Balaban J connectivity index is 1.63. The second-order valence-electron chi connectivity index (χ2n) is 8.70. The van der Waals surface area contributed by atoms with Gasteiger partial charge in [-0.1, -0.05) is 25.5 Å². The van der Waals surface area contributed by atoms with Crippen LogP contribution in [0, 0.1) is 18.3 Å². The number of nitrogens with one attached hydrogen (secondary N) is 1. The Morgan fingerprint density at radius 3 is 2.65 bits per heavy atom. The second-order valence-corrected chi connectivity index (χ2v) is 8.70. The number of carbonyl (C=O) groups excluding carboxylic acids is 2. The van der Waals surface area contributed by atoms with Gasteiger partial charge in [0.2, 0.25) is 0 Å². The number of H-pyrrole nitrogens is 1. The fourth-order valence-electron chi connectivity index (χ4n) is 4.46. The van der Waals surface area contributed by atoms with Crippen LogP contribution in [0.3, 0.4) is 0 Å². The number of fused-ring (bicyclic) bond motifs is 3. The third-order valence-electron chi connectivity index (χ3n) is 5.75. The lowest BCUT2D eigenvalue weighted by molar-refractivity contribution is -0.136. The molecule has 4 rings (SSSR count). The molecule has 4 nitrogen and oxygen atoms in total. The van der Waals surface area contributed by atoms with Gasteiger partial charge in [0.25, 0.3) is 0 Å². The van der Waals surface area contributed by atoms with Gasteiger partial charge in [0, 0.05) is 35.7 Å². The third-order valence-corrected chi connectivity index (χ3v) is 5.75. The van der Waals surface area contributed by atoms with Crippen LogP contribution in [0.2, 0.25) is 0 Å². The van der Waals surface area contributed by atoms with Crippen LogP contribution in [-0.4, -0.2) is 22.8 Å². The highest BCUT2D eigenvalue weighted by atomic mass is 16.2. The van der Waals surface area contributed by atoms with Crippen molar-refractivity contribution in [3.8, 4) is 0 Å². The predicted octanol–water partition coefficient (Wildman–Crippen LogP) is 4.50. The van der Waals surface area contributed by atoms with Crippen molar-refractivity contribution in [3.05, 3.63) is 35.0 Å². The van der Waals surface area contributed by atoms with Crippen molar-refractivity contribution in [3.63, 3.8) is 0 Å². The summed E-state index contributed by atoms with van der Waals surface area (Å²) in [6.45, 7) is 6.07. The largest absolute Gasteiger partial charge is 0.356 e. The van der Waals surface area contributed by atoms with Crippen LogP contribution >= 0.6 is 0 Å². The maximum absolute atomic E-state index is 12.4. The SMILES string of the molecule is Cc1ccc2[nH]c3c(c2c1)CCC[C@H]3N=CC1C(=O)CC(C)(C)CC1=O. The van der Waals surface area contributed by atoms with E-state index >= 15 is 0 Å². The Kier molecular flexibility index (Phi) is 4.09. The van der Waals surface area contributed by atoms with E-state index in [2.05, 4.69) is 30.1 Å². The molecule has 1 saturated carbocycles. The first kappa shape index (κ1) is 17.2. The van der Waals surface area contributed by atoms with E-state index < -0.39 is 5.92 Å². The summed E-state index contributed by atoms with van der Waals surface area (Å²) in [5, 5.41) is 1.28. The Hall–Kier alpha value is -2.23. The molecule has 4 heteroatoms. The Bertz CT molecular complexity index is 900. The van der Waals surface area contributed by atoms with Crippen LogP contribution in [0.4, 0.5) is 0 Å². The average molecular weight is 350 g/mol. The number of benzene rings is 1. The molecule has 0 saturated heterocycles. The summed E-state index contributed by atoms with van der Waals surface area (Å²) in [6.07, 6.45) is 5.64. The quantitative estimate of drug-likeness (QED) is 0.640. The van der Waals surface area contributed by atoms with Crippen LogP contribution in [0.5, 0.6) is 0 Å². The maximum Gasteiger partial charge on any atom is 0.149 e. The molecule has 0 amide bonds. The zero-order valence-electron chi connectivity index (χ0n) is 15.8. The molecule has 2 aliphatic rings. The Morgan fingerprint density at radius 1 is 1.19 bits per heavy atom. The minimum Gasteiger partial charge on any atom is -0.356 e. The molecule has 0 aliphatic heterocycles. The summed E-state index contributed by atoms with van der Waals surface area (Å²) in [5.74, 6) is -0.628. The van der Waals surface area contributed by atoms with Crippen LogP contribution in [0.25, 0.3) is 10.9 Å². The molecule has 0 radical (unpaired) electrons. The third kappa shape index (κ3) is 3.02. The molecule has 26 heavy (non-hydrogen) atoms. The zero-order chi connectivity index (χ0) is 18.5. The fourth-order valence-corrected chi connectivity index (χ4v) is 4.46. The van der Waals surface area contributed by atoms with Crippen molar-refractivity contribution in [2.24, 2.45) is 16.3 Å². The van der Waals surface area contributed by atoms with Crippen LogP contribution < -0.4 is 0 Å². The Morgan fingerprint density at radius 2 is 1.92 bits per heavy atom. The number of hydrogen-bond acceptors (Lipinski definition) is 3. The molecule has 2 aromatic rings. The molecule has 1 atom stereocenters. The second kappa shape index (κ2) is 6.19. The van der Waals surface area contributed by atoms with E-state index in [1.807, 2.05) is 13.8 Å². The number of aliphatic imine (C=N–C) groups is 1. The molecular weight excluding hydrogens is 324 g/mol. The van der Waals surface area contributed by atoms with Crippen LogP contribution in [0.1, 0.15) is 62.4 Å². The lowest BCUT2D eigenvalue weighted by atomic mass is 9.72. The zero-order valence-corrected chi connectivity index (χ0v) is 15.8. The molecule has 0 bridgehead atoms. The van der Waals surface area contributed by atoms with Gasteiger partial charge in [-0.3, -0.25) is 14.6 Å². The number of nitrogens with zero attached hydrogens (tertiary/aromatic N) is 1. The highest BCUT2D eigenvalue weighted by Gasteiger charge is 2.38. The standard InChI is InChI=1S/C22H26N2O2/c1-13-7-8-17-15(9-13)14-5-4-6-18(21(14)24-17)23-12-16-19(25)10-22(2,3)11-20(16)26/h7-9,12,16,18,24H,4-6,10-11H2,1-3H3/t18-/m1/s1. The van der Waals surface area contributed by atoms with E-state index in [4.69, 9.17) is 4.99 Å². The van der Waals surface area contributed by atoms with E-state index in [1.165, 1.54) is 16.5 Å². The first-order valence-electron chi connectivity index (χ1n) is 9.54. The average Bonchev–Trinajstić information content (AvgIpc) is 2.92. The molecule has 1 aromatic carbocycles. The maximum atomic E-state index is 12.4. The Labute approximate surface area is 154 Å². The molecule has 1 N–H and O–H groups in total. The summed E-state index contributed by atoms with van der Waals surface area (Å²) < 4.78 is 0. The molecule has 2 aliphatic carbocycles. The van der Waals surface area contributed by atoms with Gasteiger partial charge in [-0.15, -0.1) is 0 Å². The summed E-state index contributed by atoms with van der Waals surface area (Å²) in [7, 11) is 0. The van der Waals surface area contributed by atoms with Gasteiger partial charge in [0.1, 0.15) is 17.5 Å². The van der Waals surface area contributed by atoms with Gasteiger partial charge >= 0.3 is 0 Å². The number of aryl methyl sites for hydroxylation is 2. The van der Waals surface area contributed by atoms with Crippen molar-refractivity contribution in [1.29, 1.82) is 0 Å². The van der Waals surface area contributed by atoms with Crippen molar-refractivity contribution < 1.29 is 9.59 Å². The number of aromatic amines is 1.